The van der Waals surface area contributed by atoms with Crippen molar-refractivity contribution in [3.63, 3.8) is 0 Å². The molecule has 3 aromatic carbocycles. The molecule has 1 heterocycles. The molecule has 9 nitrogen and oxygen atoms in total. The Labute approximate surface area is 258 Å². The molecule has 45 heavy (non-hydrogen) atoms. The number of carbonyl (C=O) groups excluding carboxylic acids is 2. The lowest BCUT2D eigenvalue weighted by Gasteiger charge is -2.22. The van der Waals surface area contributed by atoms with Crippen LogP contribution in [0.2, 0.25) is 0 Å². The maximum Gasteiger partial charge on any atom is 0.573 e. The van der Waals surface area contributed by atoms with E-state index in [2.05, 4.69) is 10.5 Å². The van der Waals surface area contributed by atoms with E-state index in [1.54, 1.807) is 20.1 Å². The number of nitrogens with two attached hydrogens (primary N) is 2. The third-order valence-corrected chi connectivity index (χ3v) is 7.25. The molecule has 2 amide bonds. The number of hydrogen-bond donors (Lipinski definition) is 4. The van der Waals surface area contributed by atoms with Crippen LogP contribution in [0.3, 0.4) is 0 Å². The van der Waals surface area contributed by atoms with Crippen molar-refractivity contribution >= 4 is 23.2 Å². The summed E-state index contributed by atoms with van der Waals surface area (Å²) in [5.41, 5.74) is 12.3. The van der Waals surface area contributed by atoms with E-state index in [-0.39, 0.29) is 11.2 Å². The van der Waals surface area contributed by atoms with Gasteiger partial charge in [-0.2, -0.15) is 0 Å². The van der Waals surface area contributed by atoms with Crippen LogP contribution in [0, 0.1) is 11.2 Å². The number of methoxy groups -OCH3 is 1. The lowest BCUT2D eigenvalue weighted by molar-refractivity contribution is -0.274. The number of carbonyl (C=O) groups is 2. The van der Waals surface area contributed by atoms with Gasteiger partial charge in [-0.3, -0.25) is 9.59 Å². The summed E-state index contributed by atoms with van der Waals surface area (Å²) in [6.07, 6.45) is -3.10. The second-order valence-electron chi connectivity index (χ2n) is 11.2. The molecular weight excluding hydrogens is 596 g/mol. The van der Waals surface area contributed by atoms with Crippen LogP contribution in [0.1, 0.15) is 56.3 Å². The van der Waals surface area contributed by atoms with Gasteiger partial charge >= 0.3 is 6.36 Å². The normalized spacial score (nSPS) is 15.0. The molecule has 1 atom stereocenters. The first kappa shape index (κ1) is 35.0. The molecule has 5 rings (SSSR count). The lowest BCUT2D eigenvalue weighted by atomic mass is 9.99. The van der Waals surface area contributed by atoms with Gasteiger partial charge in [0.15, 0.2) is 0 Å². The van der Waals surface area contributed by atoms with Crippen LogP contribution in [-0.2, 0) is 15.0 Å². The summed E-state index contributed by atoms with van der Waals surface area (Å²) in [6, 6.07) is 15.8. The van der Waals surface area contributed by atoms with Crippen LogP contribution in [0.25, 0.3) is 0 Å². The van der Waals surface area contributed by atoms with Gasteiger partial charge in [0.25, 0.3) is 0 Å². The van der Waals surface area contributed by atoms with Crippen LogP contribution >= 0.6 is 0 Å². The minimum absolute atomic E-state index is 0.218. The second-order valence-corrected chi connectivity index (χ2v) is 11.2. The van der Waals surface area contributed by atoms with Gasteiger partial charge in [0, 0.05) is 23.7 Å². The van der Waals surface area contributed by atoms with Gasteiger partial charge in [-0.1, -0.05) is 30.3 Å². The highest BCUT2D eigenvalue weighted by Gasteiger charge is 2.53. The van der Waals surface area contributed by atoms with Gasteiger partial charge in [-0.15, -0.1) is 13.2 Å². The fourth-order valence-corrected chi connectivity index (χ4v) is 4.47. The number of nitrogens with one attached hydrogen (secondary N) is 1. The Hall–Kier alpha value is -4.49. The van der Waals surface area contributed by atoms with Crippen molar-refractivity contribution in [2.75, 3.05) is 18.6 Å². The smallest absolute Gasteiger partial charge is 0.497 e. The molecule has 1 aliphatic carbocycles. The van der Waals surface area contributed by atoms with Crippen molar-refractivity contribution in [1.82, 2.24) is 0 Å². The molecule has 3 aromatic rings. The Morgan fingerprint density at radius 3 is 2.11 bits per heavy atom. The molecule has 1 fully saturated rings. The lowest BCUT2D eigenvalue weighted by Crippen LogP contribution is -2.39. The van der Waals surface area contributed by atoms with Gasteiger partial charge in [0.1, 0.15) is 29.0 Å². The van der Waals surface area contributed by atoms with E-state index in [0.717, 1.165) is 29.7 Å². The molecule has 0 bridgehead atoms. The predicted octanol–water partition coefficient (Wildman–Crippen LogP) is 5.13. The summed E-state index contributed by atoms with van der Waals surface area (Å²) in [7, 11) is 1.62. The van der Waals surface area contributed by atoms with Crippen molar-refractivity contribution in [3.05, 3.63) is 89.2 Å². The maximum absolute atomic E-state index is 13.1. The number of nitrogens with zero attached hydrogens (tertiary/aromatic N) is 1. The van der Waals surface area contributed by atoms with E-state index in [1.807, 2.05) is 24.3 Å². The molecule has 0 radical (unpaired) electrons. The number of amides is 2. The number of benzene rings is 3. The predicted molar refractivity (Wildman–Crippen MR) is 161 cm³/mol. The average Bonchev–Trinajstić information content (AvgIpc) is 3.68. The number of rotatable bonds is 6. The molecular formula is C32H36F4N4O5. The summed E-state index contributed by atoms with van der Waals surface area (Å²) in [5.74, 6) is -1.18. The standard InChI is InChI=1S/C19H16F4N2O2.C9H11NO.C4H9NO2/c20-12-3-1-11(2-4-12)16(24)17(26)25-10-18(7-8-18)14-6-5-13(9-15(14)25)27-19(21,22)23;1-7(10)8-4-3-5-9(6-8)11-2;1-4(2,7)3(5)6/h1-6,9,16H,7-8,10,24H2;3-6,10H,1-2H3;7H,1-2H3,(H2,5,6). The molecule has 2 aliphatic rings. The molecule has 0 aromatic heterocycles. The topological polar surface area (TPSA) is 152 Å². The number of hydrogen-bond acceptors (Lipinski definition) is 7. The zero-order valence-corrected chi connectivity index (χ0v) is 25.2. The molecule has 0 saturated heterocycles. The van der Waals surface area contributed by atoms with Crippen molar-refractivity contribution in [3.8, 4) is 11.5 Å². The van der Waals surface area contributed by atoms with Gasteiger partial charge in [-0.25, -0.2) is 4.39 Å². The third-order valence-electron chi connectivity index (χ3n) is 7.25. The molecule has 1 spiro atoms. The molecule has 1 aliphatic heterocycles. The maximum atomic E-state index is 13.1. The zero-order valence-electron chi connectivity index (χ0n) is 25.2. The monoisotopic (exact) mass is 632 g/mol. The molecule has 242 valence electrons. The number of anilines is 1. The van der Waals surface area contributed by atoms with Gasteiger partial charge in [0.05, 0.1) is 12.8 Å². The summed E-state index contributed by atoms with van der Waals surface area (Å²) in [5, 5.41) is 16.0. The first-order chi connectivity index (χ1) is 20.9. The Bertz CT molecular complexity index is 1530. The highest BCUT2D eigenvalue weighted by Crippen LogP contribution is 2.57. The first-order valence-corrected chi connectivity index (χ1v) is 13.8. The SMILES string of the molecule is CC(C)(O)C(N)=O.COc1cccc(C(C)=N)c1.NC(C(=O)N1CC2(CC2)c2ccc(OC(F)(F)F)cc21)c1ccc(F)cc1. The van der Waals surface area contributed by atoms with Gasteiger partial charge in [0.2, 0.25) is 11.8 Å². The molecule has 1 saturated carbocycles. The largest absolute Gasteiger partial charge is 0.573 e. The quantitative estimate of drug-likeness (QED) is 0.219. The van der Waals surface area contributed by atoms with Crippen LogP contribution in [0.15, 0.2) is 66.7 Å². The van der Waals surface area contributed by atoms with Crippen molar-refractivity contribution in [1.29, 1.82) is 5.41 Å². The molecule has 6 N–H and O–H groups in total. The summed E-state index contributed by atoms with van der Waals surface area (Å²) in [4.78, 5) is 24.4. The minimum atomic E-state index is -4.82. The Morgan fingerprint density at radius 2 is 1.62 bits per heavy atom. The van der Waals surface area contributed by atoms with E-state index in [0.29, 0.717) is 23.5 Å². The van der Waals surface area contributed by atoms with E-state index >= 15 is 0 Å². The zero-order chi connectivity index (χ0) is 33.7. The second kappa shape index (κ2) is 13.7. The molecule has 13 heteroatoms. The number of alkyl halides is 3. The van der Waals surface area contributed by atoms with Crippen LogP contribution in [0.4, 0.5) is 23.2 Å². The third kappa shape index (κ3) is 9.25. The number of fused-ring (bicyclic) bond motifs is 2. The Morgan fingerprint density at radius 1 is 1.02 bits per heavy atom. The minimum Gasteiger partial charge on any atom is -0.497 e. The van der Waals surface area contributed by atoms with Crippen molar-refractivity contribution < 1.29 is 41.7 Å². The first-order valence-electron chi connectivity index (χ1n) is 13.8. The van der Waals surface area contributed by atoms with Crippen LogP contribution < -0.4 is 25.8 Å². The highest BCUT2D eigenvalue weighted by atomic mass is 19.4. The van der Waals surface area contributed by atoms with Gasteiger partial charge < -0.3 is 36.4 Å². The number of primary amides is 1. The average molecular weight is 633 g/mol. The summed E-state index contributed by atoms with van der Waals surface area (Å²) >= 11 is 0. The highest BCUT2D eigenvalue weighted by molar-refractivity contribution is 6.00. The van der Waals surface area contributed by atoms with E-state index in [1.165, 1.54) is 55.1 Å². The number of aliphatic hydroxyl groups is 1. The fraction of sp³-hybridized carbons (Fsp3) is 0.344. The van der Waals surface area contributed by atoms with E-state index < -0.39 is 35.6 Å². The summed E-state index contributed by atoms with van der Waals surface area (Å²) in [6.45, 7) is 4.81. The van der Waals surface area contributed by atoms with Crippen LogP contribution in [0.5, 0.6) is 11.5 Å². The van der Waals surface area contributed by atoms with Crippen LogP contribution in [-0.4, -0.2) is 48.3 Å². The van der Waals surface area contributed by atoms with Gasteiger partial charge in [-0.05, 0) is 80.6 Å². The molecule has 1 unspecified atom stereocenters. The fourth-order valence-electron chi connectivity index (χ4n) is 4.47. The summed E-state index contributed by atoms with van der Waals surface area (Å²) < 4.78 is 59.7. The van der Waals surface area contributed by atoms with Crippen molar-refractivity contribution in [2.45, 2.75) is 57.0 Å². The van der Waals surface area contributed by atoms with Crippen molar-refractivity contribution in [2.24, 2.45) is 11.5 Å². The van der Waals surface area contributed by atoms with E-state index in [4.69, 9.17) is 21.0 Å². The Balaban J connectivity index is 0.000000252. The number of ether oxygens (including phenoxy) is 2. The van der Waals surface area contributed by atoms with E-state index in [9.17, 15) is 27.2 Å². The Kier molecular flexibility index (Phi) is 10.6. The number of halogens is 4.